The summed E-state index contributed by atoms with van der Waals surface area (Å²) >= 11 is 0. The molecule has 0 aliphatic rings. The summed E-state index contributed by atoms with van der Waals surface area (Å²) in [7, 11) is 0. The van der Waals surface area contributed by atoms with Crippen molar-refractivity contribution in [1.82, 2.24) is 25.9 Å². The van der Waals surface area contributed by atoms with Crippen LogP contribution in [0.15, 0.2) is 12.5 Å². The standard InChI is InChI=1S/C17H28N6O7/c1-8(2)13(17(29)30)23-15(27)11(3-9-4-19-7-20-9)21-16(28)12(6-25)22-14(26)10(18)5-24/h4,7-8,10-13,24-25H,3,5-6,18H2,1-2H3,(H,19,20)(H,21,28)(H,22,26)(H,23,27)(H,29,30). The fraction of sp³-hybridized carbons (Fsp3) is 0.588. The van der Waals surface area contributed by atoms with Crippen LogP contribution in [-0.4, -0.2) is 86.4 Å². The van der Waals surface area contributed by atoms with Crippen molar-refractivity contribution in [1.29, 1.82) is 0 Å². The van der Waals surface area contributed by atoms with Gasteiger partial charge in [-0.2, -0.15) is 0 Å². The van der Waals surface area contributed by atoms with Gasteiger partial charge in [-0.25, -0.2) is 9.78 Å². The normalized spacial score (nSPS) is 15.0. The number of aliphatic carboxylic acids is 1. The quantitative estimate of drug-likeness (QED) is 0.165. The van der Waals surface area contributed by atoms with E-state index in [2.05, 4.69) is 25.9 Å². The molecule has 9 N–H and O–H groups in total. The number of carboxylic acid groups (broad SMARTS) is 1. The number of nitrogens with two attached hydrogens (primary N) is 1. The Labute approximate surface area is 172 Å². The maximum Gasteiger partial charge on any atom is 0.326 e. The van der Waals surface area contributed by atoms with Crippen molar-refractivity contribution in [2.24, 2.45) is 11.7 Å². The molecule has 4 unspecified atom stereocenters. The molecular formula is C17H28N6O7. The van der Waals surface area contributed by atoms with Crippen molar-refractivity contribution >= 4 is 23.7 Å². The van der Waals surface area contributed by atoms with E-state index in [1.54, 1.807) is 13.8 Å². The first-order valence-corrected chi connectivity index (χ1v) is 9.19. The van der Waals surface area contributed by atoms with Crippen LogP contribution in [0.4, 0.5) is 0 Å². The molecule has 1 rings (SSSR count). The first kappa shape index (κ1) is 25.0. The minimum atomic E-state index is -1.44. The molecule has 0 spiro atoms. The van der Waals surface area contributed by atoms with E-state index < -0.39 is 67.0 Å². The molecule has 0 saturated heterocycles. The van der Waals surface area contributed by atoms with Crippen LogP contribution in [0.25, 0.3) is 0 Å². The SMILES string of the molecule is CC(C)C(NC(=O)C(Cc1cnc[nH]1)NC(=O)C(CO)NC(=O)C(N)CO)C(=O)O. The lowest BCUT2D eigenvalue weighted by atomic mass is 10.0. The molecule has 0 aromatic carbocycles. The van der Waals surface area contributed by atoms with Crippen LogP contribution >= 0.6 is 0 Å². The maximum atomic E-state index is 12.7. The van der Waals surface area contributed by atoms with Gasteiger partial charge in [0.2, 0.25) is 17.7 Å². The van der Waals surface area contributed by atoms with E-state index in [9.17, 15) is 29.4 Å². The van der Waals surface area contributed by atoms with Crippen LogP contribution in [0, 0.1) is 5.92 Å². The molecule has 168 valence electrons. The Morgan fingerprint density at radius 1 is 1.03 bits per heavy atom. The zero-order valence-corrected chi connectivity index (χ0v) is 16.7. The summed E-state index contributed by atoms with van der Waals surface area (Å²) in [4.78, 5) is 54.9. The van der Waals surface area contributed by atoms with E-state index in [0.29, 0.717) is 5.69 Å². The average Bonchev–Trinajstić information content (AvgIpc) is 3.20. The van der Waals surface area contributed by atoms with Crippen molar-refractivity contribution in [3.05, 3.63) is 18.2 Å². The van der Waals surface area contributed by atoms with Gasteiger partial charge in [0.1, 0.15) is 24.2 Å². The number of nitrogens with zero attached hydrogens (tertiary/aromatic N) is 1. The van der Waals surface area contributed by atoms with E-state index in [0.717, 1.165) is 0 Å². The number of aliphatic hydroxyl groups excluding tert-OH is 2. The molecule has 1 aromatic rings. The lowest BCUT2D eigenvalue weighted by molar-refractivity contribution is -0.143. The largest absolute Gasteiger partial charge is 0.480 e. The molecule has 0 radical (unpaired) electrons. The maximum absolute atomic E-state index is 12.7. The smallest absolute Gasteiger partial charge is 0.326 e. The first-order chi connectivity index (χ1) is 14.1. The second kappa shape index (κ2) is 11.8. The molecule has 13 heteroatoms. The highest BCUT2D eigenvalue weighted by Gasteiger charge is 2.31. The van der Waals surface area contributed by atoms with Crippen molar-refractivity contribution in [3.63, 3.8) is 0 Å². The highest BCUT2D eigenvalue weighted by Crippen LogP contribution is 2.05. The Morgan fingerprint density at radius 2 is 1.63 bits per heavy atom. The molecule has 30 heavy (non-hydrogen) atoms. The summed E-state index contributed by atoms with van der Waals surface area (Å²) in [5.74, 6) is -4.18. The Morgan fingerprint density at radius 3 is 2.10 bits per heavy atom. The molecule has 3 amide bonds. The average molecular weight is 428 g/mol. The third-order valence-corrected chi connectivity index (χ3v) is 4.19. The first-order valence-electron chi connectivity index (χ1n) is 9.19. The predicted octanol–water partition coefficient (Wildman–Crippen LogP) is -3.54. The number of hydrogen-bond donors (Lipinski definition) is 8. The van der Waals surface area contributed by atoms with Gasteiger partial charge in [0.15, 0.2) is 0 Å². The summed E-state index contributed by atoms with van der Waals surface area (Å²) in [5.41, 5.74) is 5.85. The van der Waals surface area contributed by atoms with Crippen LogP contribution in [-0.2, 0) is 25.6 Å². The second-order valence-electron chi connectivity index (χ2n) is 6.94. The van der Waals surface area contributed by atoms with E-state index in [1.807, 2.05) is 0 Å². The number of hydrogen-bond acceptors (Lipinski definition) is 8. The number of carbonyl (C=O) groups excluding carboxylic acids is 3. The third-order valence-electron chi connectivity index (χ3n) is 4.19. The van der Waals surface area contributed by atoms with Crippen molar-refractivity contribution in [2.75, 3.05) is 13.2 Å². The van der Waals surface area contributed by atoms with E-state index in [-0.39, 0.29) is 6.42 Å². The summed E-state index contributed by atoms with van der Waals surface area (Å²) in [6.45, 7) is 1.77. The van der Waals surface area contributed by atoms with Gasteiger partial charge < -0.3 is 42.0 Å². The van der Waals surface area contributed by atoms with Gasteiger partial charge in [0.05, 0.1) is 19.5 Å². The van der Waals surface area contributed by atoms with Gasteiger partial charge in [0.25, 0.3) is 0 Å². The monoisotopic (exact) mass is 428 g/mol. The van der Waals surface area contributed by atoms with Crippen molar-refractivity contribution < 1.29 is 34.5 Å². The molecular weight excluding hydrogens is 400 g/mol. The molecule has 0 fully saturated rings. The Kier molecular flexibility index (Phi) is 9.88. The Hall–Kier alpha value is -3.03. The summed E-state index contributed by atoms with van der Waals surface area (Å²) in [6.07, 6.45) is 2.74. The summed E-state index contributed by atoms with van der Waals surface area (Å²) in [5, 5.41) is 34.5. The highest BCUT2D eigenvalue weighted by molar-refractivity contribution is 5.94. The third kappa shape index (κ3) is 7.42. The van der Waals surface area contributed by atoms with Crippen LogP contribution < -0.4 is 21.7 Å². The minimum Gasteiger partial charge on any atom is -0.480 e. The number of imidazole rings is 1. The number of H-pyrrole nitrogens is 1. The molecule has 1 aromatic heterocycles. The van der Waals surface area contributed by atoms with Crippen LogP contribution in [0.2, 0.25) is 0 Å². The van der Waals surface area contributed by atoms with Crippen molar-refractivity contribution in [3.8, 4) is 0 Å². The molecule has 0 aliphatic heterocycles. The van der Waals surface area contributed by atoms with Gasteiger partial charge in [-0.1, -0.05) is 13.8 Å². The number of rotatable bonds is 12. The van der Waals surface area contributed by atoms with Gasteiger partial charge in [-0.05, 0) is 5.92 Å². The number of carboxylic acids is 1. The van der Waals surface area contributed by atoms with Crippen molar-refractivity contribution in [2.45, 2.75) is 44.4 Å². The van der Waals surface area contributed by atoms with Crippen LogP contribution in [0.5, 0.6) is 0 Å². The number of aromatic amines is 1. The Bertz CT molecular complexity index is 724. The van der Waals surface area contributed by atoms with Gasteiger partial charge >= 0.3 is 5.97 Å². The lowest BCUT2D eigenvalue weighted by Crippen LogP contribution is -2.59. The molecule has 1 heterocycles. The highest BCUT2D eigenvalue weighted by atomic mass is 16.4. The number of amides is 3. The summed E-state index contributed by atoms with van der Waals surface area (Å²) in [6, 6.07) is -5.14. The zero-order chi connectivity index (χ0) is 22.8. The molecule has 4 atom stereocenters. The predicted molar refractivity (Wildman–Crippen MR) is 103 cm³/mol. The van der Waals surface area contributed by atoms with E-state index >= 15 is 0 Å². The lowest BCUT2D eigenvalue weighted by Gasteiger charge is -2.25. The van der Waals surface area contributed by atoms with Gasteiger partial charge in [-0.3, -0.25) is 14.4 Å². The number of aromatic nitrogens is 2. The molecule has 0 bridgehead atoms. The van der Waals surface area contributed by atoms with E-state index in [1.165, 1.54) is 12.5 Å². The Balaban J connectivity index is 2.96. The topological polar surface area (TPSA) is 220 Å². The second-order valence-corrected chi connectivity index (χ2v) is 6.94. The number of carbonyl (C=O) groups is 4. The zero-order valence-electron chi connectivity index (χ0n) is 16.7. The molecule has 0 saturated carbocycles. The van der Waals surface area contributed by atoms with E-state index in [4.69, 9.17) is 10.8 Å². The fourth-order valence-electron chi connectivity index (χ4n) is 2.42. The summed E-state index contributed by atoms with van der Waals surface area (Å²) < 4.78 is 0. The molecule has 0 aliphatic carbocycles. The van der Waals surface area contributed by atoms with Crippen LogP contribution in [0.1, 0.15) is 19.5 Å². The number of nitrogens with one attached hydrogen (secondary N) is 4. The van der Waals surface area contributed by atoms with Crippen LogP contribution in [0.3, 0.4) is 0 Å². The molecule has 13 nitrogen and oxygen atoms in total. The fourth-order valence-corrected chi connectivity index (χ4v) is 2.42. The van der Waals surface area contributed by atoms with Gasteiger partial charge in [0, 0.05) is 18.3 Å². The number of aliphatic hydroxyl groups is 2. The minimum absolute atomic E-state index is 0.0513. The van der Waals surface area contributed by atoms with Gasteiger partial charge in [-0.15, -0.1) is 0 Å².